The molecule has 1 heterocycles. The molecule has 0 spiro atoms. The van der Waals surface area contributed by atoms with Crippen molar-refractivity contribution in [3.63, 3.8) is 0 Å². The van der Waals surface area contributed by atoms with Gasteiger partial charge in [-0.25, -0.2) is 9.97 Å². The number of carbonyl (C=O) groups excluding carboxylic acids is 1. The predicted octanol–water partition coefficient (Wildman–Crippen LogP) is 4.46. The topological polar surface area (TPSA) is 78.1 Å². The first-order chi connectivity index (χ1) is 12.7. The molecule has 0 unspecified atom stereocenters. The highest BCUT2D eigenvalue weighted by Gasteiger charge is 2.32. The van der Waals surface area contributed by atoms with Crippen molar-refractivity contribution in [1.29, 1.82) is 0 Å². The van der Waals surface area contributed by atoms with Crippen LogP contribution in [-0.2, 0) is 0 Å². The molecule has 0 aliphatic rings. The van der Waals surface area contributed by atoms with E-state index < -0.39 is 12.3 Å². The summed E-state index contributed by atoms with van der Waals surface area (Å²) in [5, 5.41) is 0.164. The third kappa shape index (κ3) is 4.35. The van der Waals surface area contributed by atoms with E-state index in [-0.39, 0.29) is 27.9 Å². The minimum absolute atomic E-state index is 0.164. The summed E-state index contributed by atoms with van der Waals surface area (Å²) < 4.78 is 42.1. The molecule has 2 aromatic carbocycles. The van der Waals surface area contributed by atoms with Crippen molar-refractivity contribution >= 4 is 17.5 Å². The van der Waals surface area contributed by atoms with Crippen molar-refractivity contribution in [3.8, 4) is 28.1 Å². The number of ether oxygens (including phenoxy) is 1. The minimum atomic E-state index is -4.82. The molecule has 0 radical (unpaired) electrons. The summed E-state index contributed by atoms with van der Waals surface area (Å²) in [7, 11) is 0. The van der Waals surface area contributed by atoms with Crippen LogP contribution in [0.25, 0.3) is 22.4 Å². The molecular weight excluding hydrogens is 383 g/mol. The average molecular weight is 394 g/mol. The number of rotatable bonds is 4. The summed E-state index contributed by atoms with van der Waals surface area (Å²) >= 11 is 6.10. The molecule has 138 valence electrons. The van der Waals surface area contributed by atoms with Crippen LogP contribution >= 0.6 is 11.6 Å². The summed E-state index contributed by atoms with van der Waals surface area (Å²) in [6, 6.07) is 12.2. The molecule has 9 heteroatoms. The molecule has 3 aromatic rings. The van der Waals surface area contributed by atoms with Gasteiger partial charge >= 0.3 is 6.36 Å². The van der Waals surface area contributed by atoms with Gasteiger partial charge in [0.05, 0.1) is 16.9 Å². The van der Waals surface area contributed by atoms with Gasteiger partial charge in [0.1, 0.15) is 5.75 Å². The number of hydrogen-bond acceptors (Lipinski definition) is 4. The van der Waals surface area contributed by atoms with E-state index in [9.17, 15) is 18.0 Å². The van der Waals surface area contributed by atoms with Gasteiger partial charge in [-0.3, -0.25) is 4.79 Å². The number of amides is 1. The third-order valence-electron chi connectivity index (χ3n) is 3.52. The van der Waals surface area contributed by atoms with E-state index in [0.717, 1.165) is 0 Å². The molecule has 0 bridgehead atoms. The molecule has 2 N–H and O–H groups in total. The fourth-order valence-corrected chi connectivity index (χ4v) is 2.64. The van der Waals surface area contributed by atoms with Crippen molar-refractivity contribution in [1.82, 2.24) is 9.97 Å². The van der Waals surface area contributed by atoms with Gasteiger partial charge in [-0.1, -0.05) is 48.0 Å². The Kier molecular flexibility index (Phi) is 5.00. The Morgan fingerprint density at radius 3 is 2.48 bits per heavy atom. The number of nitrogens with zero attached hydrogens (tertiary/aromatic N) is 2. The van der Waals surface area contributed by atoms with Crippen molar-refractivity contribution in [2.45, 2.75) is 6.36 Å². The van der Waals surface area contributed by atoms with Crippen LogP contribution < -0.4 is 10.5 Å². The second-order valence-corrected chi connectivity index (χ2v) is 5.79. The largest absolute Gasteiger partial charge is 0.573 e. The maximum atomic E-state index is 12.7. The highest BCUT2D eigenvalue weighted by atomic mass is 35.5. The van der Waals surface area contributed by atoms with Crippen LogP contribution in [-0.4, -0.2) is 22.2 Å². The Labute approximate surface area is 156 Å². The lowest BCUT2D eigenvalue weighted by molar-refractivity contribution is -0.274. The van der Waals surface area contributed by atoms with Crippen LogP contribution in [0.1, 0.15) is 10.6 Å². The van der Waals surface area contributed by atoms with Crippen molar-refractivity contribution < 1.29 is 22.7 Å². The number of nitrogens with two attached hydrogens (primary N) is 1. The van der Waals surface area contributed by atoms with Gasteiger partial charge in [-0.15, -0.1) is 13.2 Å². The molecule has 0 atom stereocenters. The maximum absolute atomic E-state index is 12.7. The van der Waals surface area contributed by atoms with Crippen LogP contribution in [0.15, 0.2) is 54.7 Å². The summed E-state index contributed by atoms with van der Waals surface area (Å²) in [5.41, 5.74) is 6.57. The van der Waals surface area contributed by atoms with E-state index in [1.807, 2.05) is 0 Å². The quantitative estimate of drug-likeness (QED) is 0.709. The first-order valence-corrected chi connectivity index (χ1v) is 7.90. The van der Waals surface area contributed by atoms with Crippen LogP contribution in [0.3, 0.4) is 0 Å². The van der Waals surface area contributed by atoms with E-state index in [0.29, 0.717) is 11.1 Å². The van der Waals surface area contributed by atoms with Crippen molar-refractivity contribution in [2.24, 2.45) is 5.73 Å². The van der Waals surface area contributed by atoms with Crippen molar-refractivity contribution in [3.05, 3.63) is 65.6 Å². The van der Waals surface area contributed by atoms with Gasteiger partial charge in [0.15, 0.2) is 0 Å². The summed E-state index contributed by atoms with van der Waals surface area (Å²) in [6.45, 7) is 0. The Bertz CT molecular complexity index is 1010. The second-order valence-electron chi connectivity index (χ2n) is 5.38. The fraction of sp³-hybridized carbons (Fsp3) is 0.0556. The SMILES string of the molecule is NC(=O)c1ncc(Cl)c(-c2cccc(-c3ccccc3OC(F)(F)F)c2)n1. The van der Waals surface area contributed by atoms with Gasteiger partial charge in [-0.05, 0) is 17.7 Å². The number of benzene rings is 2. The smallest absolute Gasteiger partial charge is 0.405 e. The van der Waals surface area contributed by atoms with E-state index in [2.05, 4.69) is 14.7 Å². The summed E-state index contributed by atoms with van der Waals surface area (Å²) in [4.78, 5) is 19.1. The van der Waals surface area contributed by atoms with E-state index in [1.54, 1.807) is 30.3 Å². The van der Waals surface area contributed by atoms with Crippen LogP contribution in [0.2, 0.25) is 5.02 Å². The van der Waals surface area contributed by atoms with E-state index in [1.165, 1.54) is 24.4 Å². The third-order valence-corrected chi connectivity index (χ3v) is 3.80. The van der Waals surface area contributed by atoms with Crippen LogP contribution in [0.5, 0.6) is 5.75 Å². The molecule has 27 heavy (non-hydrogen) atoms. The number of carbonyl (C=O) groups is 1. The zero-order valence-corrected chi connectivity index (χ0v) is 14.3. The van der Waals surface area contributed by atoms with Crippen LogP contribution in [0.4, 0.5) is 13.2 Å². The first kappa shape index (κ1) is 18.7. The summed E-state index contributed by atoms with van der Waals surface area (Å²) in [5.74, 6) is -1.39. The molecule has 0 saturated carbocycles. The predicted molar refractivity (Wildman–Crippen MR) is 93.1 cm³/mol. The second kappa shape index (κ2) is 7.24. The van der Waals surface area contributed by atoms with Gasteiger partial charge < -0.3 is 10.5 Å². The fourth-order valence-electron chi connectivity index (χ4n) is 2.44. The summed E-state index contributed by atoms with van der Waals surface area (Å²) in [6.07, 6.45) is -3.59. The zero-order valence-electron chi connectivity index (χ0n) is 13.5. The standard InChI is InChI=1S/C18H11ClF3N3O2/c19-13-9-24-17(16(23)26)25-15(13)11-5-3-4-10(8-11)12-6-1-2-7-14(12)27-18(20,21)22/h1-9H,(H2,23,26). The molecule has 0 fully saturated rings. The lowest BCUT2D eigenvalue weighted by Gasteiger charge is -2.14. The van der Waals surface area contributed by atoms with Gasteiger partial charge in [-0.2, -0.15) is 0 Å². The lowest BCUT2D eigenvalue weighted by Crippen LogP contribution is -2.17. The molecule has 0 aliphatic carbocycles. The Morgan fingerprint density at radius 1 is 1.07 bits per heavy atom. The number of primary amides is 1. The van der Waals surface area contributed by atoms with Gasteiger partial charge in [0, 0.05) is 11.1 Å². The molecule has 5 nitrogen and oxygen atoms in total. The lowest BCUT2D eigenvalue weighted by atomic mass is 10.0. The monoisotopic (exact) mass is 393 g/mol. The number of halogens is 4. The molecule has 1 amide bonds. The van der Waals surface area contributed by atoms with Crippen LogP contribution in [0, 0.1) is 0 Å². The number of hydrogen-bond donors (Lipinski definition) is 1. The molecule has 0 saturated heterocycles. The molecule has 3 rings (SSSR count). The first-order valence-electron chi connectivity index (χ1n) is 7.52. The average Bonchev–Trinajstić information content (AvgIpc) is 2.61. The Balaban J connectivity index is 2.08. The van der Waals surface area contributed by atoms with Gasteiger partial charge in [0.25, 0.3) is 5.91 Å². The highest BCUT2D eigenvalue weighted by molar-refractivity contribution is 6.33. The Morgan fingerprint density at radius 2 is 1.78 bits per heavy atom. The van der Waals surface area contributed by atoms with E-state index >= 15 is 0 Å². The normalized spacial score (nSPS) is 11.3. The van der Waals surface area contributed by atoms with Gasteiger partial charge in [0.2, 0.25) is 5.82 Å². The minimum Gasteiger partial charge on any atom is -0.405 e. The maximum Gasteiger partial charge on any atom is 0.573 e. The number of para-hydroxylation sites is 1. The zero-order chi connectivity index (χ0) is 19.6. The molecule has 0 aliphatic heterocycles. The van der Waals surface area contributed by atoms with Crippen molar-refractivity contribution in [2.75, 3.05) is 0 Å². The van der Waals surface area contributed by atoms with E-state index in [4.69, 9.17) is 17.3 Å². The number of alkyl halides is 3. The number of aromatic nitrogens is 2. The molecule has 1 aromatic heterocycles. The molecular formula is C18H11ClF3N3O2. The Hall–Kier alpha value is -3.13. The highest BCUT2D eigenvalue weighted by Crippen LogP contribution is 2.36.